The van der Waals surface area contributed by atoms with Crippen molar-refractivity contribution in [2.24, 2.45) is 0 Å². The molecule has 2 N–H and O–H groups in total. The van der Waals surface area contributed by atoms with Crippen molar-refractivity contribution in [3.05, 3.63) is 29.3 Å². The molecule has 0 bridgehead atoms. The first-order valence-corrected chi connectivity index (χ1v) is 9.84. The minimum absolute atomic E-state index is 0.00142. The Morgan fingerprint density at radius 3 is 2.65 bits per heavy atom. The Morgan fingerprint density at radius 1 is 1.35 bits per heavy atom. The summed E-state index contributed by atoms with van der Waals surface area (Å²) in [4.78, 5) is 14.1. The van der Waals surface area contributed by atoms with Gasteiger partial charge < -0.3 is 10.2 Å². The molecule has 0 spiro atoms. The van der Waals surface area contributed by atoms with Crippen LogP contribution in [0.3, 0.4) is 0 Å². The molecule has 2 rings (SSSR count). The van der Waals surface area contributed by atoms with E-state index in [1.165, 1.54) is 6.26 Å². The predicted octanol–water partition coefficient (Wildman–Crippen LogP) is 1.68. The molecule has 0 atom stereocenters. The Labute approximate surface area is 142 Å². The fraction of sp³-hybridized carbons (Fsp3) is 0.533. The highest BCUT2D eigenvalue weighted by atomic mass is 35.5. The van der Waals surface area contributed by atoms with Gasteiger partial charge in [0, 0.05) is 29.7 Å². The first-order valence-electron chi connectivity index (χ1n) is 7.57. The molecule has 1 heterocycles. The third kappa shape index (κ3) is 6.87. The van der Waals surface area contributed by atoms with E-state index in [1.54, 1.807) is 24.3 Å². The molecule has 0 saturated carbocycles. The highest BCUT2D eigenvalue weighted by Crippen LogP contribution is 2.15. The highest BCUT2D eigenvalue weighted by molar-refractivity contribution is 7.88. The number of hydrogen-bond acceptors (Lipinski definition) is 4. The number of nitrogens with zero attached hydrogens (tertiary/aromatic N) is 1. The van der Waals surface area contributed by atoms with Crippen LogP contribution >= 0.6 is 11.6 Å². The van der Waals surface area contributed by atoms with Crippen LogP contribution in [0.4, 0.5) is 5.69 Å². The molecule has 0 aliphatic carbocycles. The van der Waals surface area contributed by atoms with Crippen LogP contribution in [0.1, 0.15) is 19.3 Å². The van der Waals surface area contributed by atoms with Crippen molar-refractivity contribution in [1.29, 1.82) is 0 Å². The lowest BCUT2D eigenvalue weighted by molar-refractivity contribution is -0.116. The number of rotatable bonds is 6. The molecule has 0 unspecified atom stereocenters. The number of nitrogens with one attached hydrogen (secondary N) is 2. The number of carbonyl (C=O) groups is 1. The molecular weight excluding hydrogens is 338 g/mol. The molecule has 1 fully saturated rings. The maximum atomic E-state index is 11.9. The van der Waals surface area contributed by atoms with E-state index >= 15 is 0 Å². The molecule has 0 radical (unpaired) electrons. The van der Waals surface area contributed by atoms with E-state index in [2.05, 4.69) is 14.9 Å². The van der Waals surface area contributed by atoms with Crippen LogP contribution < -0.4 is 10.0 Å². The topological polar surface area (TPSA) is 78.5 Å². The molecule has 23 heavy (non-hydrogen) atoms. The van der Waals surface area contributed by atoms with E-state index in [0.29, 0.717) is 23.7 Å². The van der Waals surface area contributed by atoms with Crippen LogP contribution in [0.25, 0.3) is 0 Å². The van der Waals surface area contributed by atoms with Crippen LogP contribution in [0.5, 0.6) is 0 Å². The van der Waals surface area contributed by atoms with E-state index in [-0.39, 0.29) is 11.9 Å². The van der Waals surface area contributed by atoms with Gasteiger partial charge in [-0.1, -0.05) is 17.7 Å². The zero-order valence-electron chi connectivity index (χ0n) is 13.1. The summed E-state index contributed by atoms with van der Waals surface area (Å²) in [5.41, 5.74) is 0.693. The molecule has 0 aromatic heterocycles. The normalized spacial score (nSPS) is 17.1. The summed E-state index contributed by atoms with van der Waals surface area (Å²) >= 11 is 5.88. The summed E-state index contributed by atoms with van der Waals surface area (Å²) in [5.74, 6) is -0.0522. The van der Waals surface area contributed by atoms with Gasteiger partial charge in [-0.05, 0) is 44.1 Å². The summed E-state index contributed by atoms with van der Waals surface area (Å²) in [7, 11) is -3.15. The molecule has 1 aliphatic rings. The molecule has 1 saturated heterocycles. The lowest BCUT2D eigenvalue weighted by atomic mass is 10.1. The van der Waals surface area contributed by atoms with Crippen LogP contribution in [-0.2, 0) is 14.8 Å². The standard InChI is InChI=1S/C15H22ClN3O3S/c1-23(21,22)18-13-5-8-19(9-6-13)10-7-15(20)17-14-4-2-3-12(16)11-14/h2-4,11,13,18H,5-10H2,1H3,(H,17,20). The largest absolute Gasteiger partial charge is 0.326 e. The predicted molar refractivity (Wildman–Crippen MR) is 92.1 cm³/mol. The minimum atomic E-state index is -3.15. The van der Waals surface area contributed by atoms with Gasteiger partial charge in [-0.25, -0.2) is 13.1 Å². The van der Waals surface area contributed by atoms with E-state index in [4.69, 9.17) is 11.6 Å². The zero-order chi connectivity index (χ0) is 16.9. The number of likely N-dealkylation sites (tertiary alicyclic amines) is 1. The lowest BCUT2D eigenvalue weighted by Gasteiger charge is -2.31. The molecule has 128 valence electrons. The third-order valence-electron chi connectivity index (χ3n) is 3.73. The minimum Gasteiger partial charge on any atom is -0.326 e. The number of halogens is 1. The Bertz CT molecular complexity index is 643. The van der Waals surface area contributed by atoms with E-state index in [1.807, 2.05) is 0 Å². The van der Waals surface area contributed by atoms with Gasteiger partial charge in [0.1, 0.15) is 0 Å². The maximum absolute atomic E-state index is 11.9. The lowest BCUT2D eigenvalue weighted by Crippen LogP contribution is -2.44. The van der Waals surface area contributed by atoms with Crippen LogP contribution in [-0.4, -0.2) is 51.2 Å². The Balaban J connectivity index is 1.70. The Morgan fingerprint density at radius 2 is 2.04 bits per heavy atom. The quantitative estimate of drug-likeness (QED) is 0.810. The van der Waals surface area contributed by atoms with Gasteiger partial charge in [0.15, 0.2) is 0 Å². The van der Waals surface area contributed by atoms with Gasteiger partial charge in [-0.15, -0.1) is 0 Å². The molecule has 8 heteroatoms. The van der Waals surface area contributed by atoms with Crippen molar-refractivity contribution in [3.8, 4) is 0 Å². The summed E-state index contributed by atoms with van der Waals surface area (Å²) < 4.78 is 25.0. The molecule has 1 amide bonds. The second-order valence-corrected chi connectivity index (χ2v) is 8.03. The van der Waals surface area contributed by atoms with Crippen molar-refractivity contribution >= 4 is 33.2 Å². The molecule has 1 aromatic rings. The van der Waals surface area contributed by atoms with Crippen molar-refractivity contribution in [1.82, 2.24) is 9.62 Å². The molecule has 6 nitrogen and oxygen atoms in total. The number of anilines is 1. The molecule has 1 aliphatic heterocycles. The van der Waals surface area contributed by atoms with Crippen molar-refractivity contribution in [2.45, 2.75) is 25.3 Å². The number of hydrogen-bond donors (Lipinski definition) is 2. The molecular formula is C15H22ClN3O3S. The van der Waals surface area contributed by atoms with Gasteiger partial charge in [0.2, 0.25) is 15.9 Å². The van der Waals surface area contributed by atoms with Crippen molar-refractivity contribution < 1.29 is 13.2 Å². The van der Waals surface area contributed by atoms with Crippen LogP contribution in [0.2, 0.25) is 5.02 Å². The van der Waals surface area contributed by atoms with Gasteiger partial charge in [-0.3, -0.25) is 4.79 Å². The van der Waals surface area contributed by atoms with E-state index in [9.17, 15) is 13.2 Å². The maximum Gasteiger partial charge on any atom is 0.225 e. The van der Waals surface area contributed by atoms with Crippen LogP contribution in [0, 0.1) is 0 Å². The number of carbonyl (C=O) groups excluding carboxylic acids is 1. The van der Waals surface area contributed by atoms with Gasteiger partial charge >= 0.3 is 0 Å². The first kappa shape index (κ1) is 18.2. The number of piperidine rings is 1. The second-order valence-electron chi connectivity index (χ2n) is 5.81. The SMILES string of the molecule is CS(=O)(=O)NC1CCN(CCC(=O)Nc2cccc(Cl)c2)CC1. The van der Waals surface area contributed by atoms with E-state index in [0.717, 1.165) is 25.9 Å². The highest BCUT2D eigenvalue weighted by Gasteiger charge is 2.21. The number of amides is 1. The van der Waals surface area contributed by atoms with Crippen LogP contribution in [0.15, 0.2) is 24.3 Å². The summed E-state index contributed by atoms with van der Waals surface area (Å²) in [6, 6.07) is 7.05. The fourth-order valence-electron chi connectivity index (χ4n) is 2.63. The average molecular weight is 360 g/mol. The monoisotopic (exact) mass is 359 g/mol. The Kier molecular flexibility index (Phi) is 6.41. The second kappa shape index (κ2) is 8.10. The van der Waals surface area contributed by atoms with E-state index < -0.39 is 10.0 Å². The summed E-state index contributed by atoms with van der Waals surface area (Å²) in [6.45, 7) is 2.24. The van der Waals surface area contributed by atoms with Crippen molar-refractivity contribution in [2.75, 3.05) is 31.2 Å². The first-order chi connectivity index (χ1) is 10.8. The molecule has 1 aromatic carbocycles. The zero-order valence-corrected chi connectivity index (χ0v) is 14.7. The Hall–Kier alpha value is -1.15. The number of benzene rings is 1. The smallest absolute Gasteiger partial charge is 0.225 e. The third-order valence-corrected chi connectivity index (χ3v) is 4.73. The van der Waals surface area contributed by atoms with Gasteiger partial charge in [0.25, 0.3) is 0 Å². The fourth-order valence-corrected chi connectivity index (χ4v) is 3.66. The van der Waals surface area contributed by atoms with Gasteiger partial charge in [0.05, 0.1) is 6.26 Å². The summed E-state index contributed by atoms with van der Waals surface area (Å²) in [5, 5.41) is 3.41. The van der Waals surface area contributed by atoms with Gasteiger partial charge in [-0.2, -0.15) is 0 Å². The van der Waals surface area contributed by atoms with Crippen molar-refractivity contribution in [3.63, 3.8) is 0 Å². The number of sulfonamides is 1. The average Bonchev–Trinajstić information content (AvgIpc) is 2.45. The summed E-state index contributed by atoms with van der Waals surface area (Å²) in [6.07, 6.45) is 3.11.